The minimum absolute atomic E-state index is 0.0511. The number of nitrogens with zero attached hydrogens (tertiary/aromatic N) is 4. The van der Waals surface area contributed by atoms with E-state index < -0.39 is 6.10 Å². The van der Waals surface area contributed by atoms with Gasteiger partial charge in [0.05, 0.1) is 5.69 Å². The van der Waals surface area contributed by atoms with Gasteiger partial charge in [-0.3, -0.25) is 4.99 Å². The van der Waals surface area contributed by atoms with Crippen LogP contribution < -0.4 is 5.32 Å². The van der Waals surface area contributed by atoms with E-state index in [0.29, 0.717) is 42.0 Å². The van der Waals surface area contributed by atoms with Crippen molar-refractivity contribution in [1.82, 2.24) is 20.1 Å². The fourth-order valence-electron chi connectivity index (χ4n) is 5.36. The van der Waals surface area contributed by atoms with Crippen molar-refractivity contribution < 1.29 is 14.3 Å². The van der Waals surface area contributed by atoms with Crippen molar-refractivity contribution in [2.75, 3.05) is 39.8 Å². The van der Waals surface area contributed by atoms with Crippen LogP contribution in [0.4, 0.5) is 4.79 Å². The fourth-order valence-corrected chi connectivity index (χ4v) is 5.36. The Morgan fingerprint density at radius 3 is 2.97 bits per heavy atom. The SMILES string of the molecule is CCC1(CCN(C)CC(O)c2oc(C)nc2C)CC1CNC(=O)N1CC2=CN=CCC2C1. The molecule has 1 aromatic rings. The molecule has 4 rings (SSSR count). The third kappa shape index (κ3) is 4.91. The Labute approximate surface area is 190 Å². The Morgan fingerprint density at radius 1 is 1.47 bits per heavy atom. The van der Waals surface area contributed by atoms with Crippen molar-refractivity contribution in [2.24, 2.45) is 22.2 Å². The first-order valence-corrected chi connectivity index (χ1v) is 11.8. The van der Waals surface area contributed by atoms with E-state index in [-0.39, 0.29) is 6.03 Å². The first kappa shape index (κ1) is 23.0. The van der Waals surface area contributed by atoms with Crippen LogP contribution in [0.15, 0.2) is 21.2 Å². The Bertz CT molecular complexity index is 894. The number of carbonyl (C=O) groups excluding carboxylic acids is 1. The van der Waals surface area contributed by atoms with Crippen LogP contribution in [-0.4, -0.2) is 71.9 Å². The molecule has 0 spiro atoms. The van der Waals surface area contributed by atoms with Crippen molar-refractivity contribution in [2.45, 2.75) is 52.6 Å². The number of aryl methyl sites for hydroxylation is 2. The zero-order chi connectivity index (χ0) is 22.9. The van der Waals surface area contributed by atoms with Gasteiger partial charge >= 0.3 is 6.03 Å². The van der Waals surface area contributed by atoms with E-state index in [2.05, 4.69) is 27.1 Å². The molecule has 2 N–H and O–H groups in total. The molecule has 176 valence electrons. The van der Waals surface area contributed by atoms with Crippen molar-refractivity contribution in [3.8, 4) is 0 Å². The summed E-state index contributed by atoms with van der Waals surface area (Å²) in [5.74, 6) is 2.13. The monoisotopic (exact) mass is 443 g/mol. The molecule has 32 heavy (non-hydrogen) atoms. The fraction of sp³-hybridized carbons (Fsp3) is 0.708. The van der Waals surface area contributed by atoms with Crippen LogP contribution in [0.2, 0.25) is 0 Å². The van der Waals surface area contributed by atoms with E-state index >= 15 is 0 Å². The highest BCUT2D eigenvalue weighted by molar-refractivity contribution is 5.75. The zero-order valence-electron chi connectivity index (χ0n) is 19.8. The van der Waals surface area contributed by atoms with Gasteiger partial charge in [-0.15, -0.1) is 0 Å². The van der Waals surface area contributed by atoms with E-state index in [1.807, 2.05) is 31.3 Å². The van der Waals surface area contributed by atoms with Crippen molar-refractivity contribution in [1.29, 1.82) is 0 Å². The largest absolute Gasteiger partial charge is 0.443 e. The quantitative estimate of drug-likeness (QED) is 0.612. The molecule has 2 amide bonds. The molecule has 3 aliphatic rings. The summed E-state index contributed by atoms with van der Waals surface area (Å²) in [6.45, 7) is 9.58. The molecule has 0 aromatic carbocycles. The maximum Gasteiger partial charge on any atom is 0.317 e. The van der Waals surface area contributed by atoms with Crippen LogP contribution in [0.25, 0.3) is 0 Å². The van der Waals surface area contributed by atoms with Crippen molar-refractivity contribution >= 4 is 12.2 Å². The number of aliphatic hydroxyl groups excluding tert-OH is 1. The highest BCUT2D eigenvalue weighted by Gasteiger charge is 2.51. The highest BCUT2D eigenvalue weighted by atomic mass is 16.4. The van der Waals surface area contributed by atoms with Gasteiger partial charge < -0.3 is 24.6 Å². The third-order valence-corrected chi connectivity index (χ3v) is 7.64. The summed E-state index contributed by atoms with van der Waals surface area (Å²) < 4.78 is 5.56. The van der Waals surface area contributed by atoms with Crippen LogP contribution in [0.3, 0.4) is 0 Å². The second-order valence-corrected chi connectivity index (χ2v) is 9.86. The number of hydrogen-bond acceptors (Lipinski definition) is 6. The maximum absolute atomic E-state index is 12.7. The number of urea groups is 1. The standard InChI is InChI=1S/C24H37N5O3/c1-5-24(7-9-28(4)15-21(30)22-16(2)27-17(3)32-22)10-20(24)12-26-23(31)29-13-18-6-8-25-11-19(18)14-29/h8,11,18,20-21,30H,5-7,9-10,12-15H2,1-4H3,(H,26,31). The van der Waals surface area contributed by atoms with Crippen LogP contribution in [0.5, 0.6) is 0 Å². The molecule has 4 unspecified atom stereocenters. The van der Waals surface area contributed by atoms with Crippen molar-refractivity contribution in [3.63, 3.8) is 0 Å². The number of nitrogens with one attached hydrogen (secondary N) is 1. The van der Waals surface area contributed by atoms with E-state index in [1.54, 1.807) is 6.92 Å². The van der Waals surface area contributed by atoms with Crippen LogP contribution in [-0.2, 0) is 0 Å². The van der Waals surface area contributed by atoms with E-state index in [0.717, 1.165) is 51.0 Å². The van der Waals surface area contributed by atoms with Gasteiger partial charge in [-0.05, 0) is 56.7 Å². The normalized spacial score (nSPS) is 27.4. The number of carbonyl (C=O) groups is 1. The molecule has 8 nitrogen and oxygen atoms in total. The molecular formula is C24H37N5O3. The van der Waals surface area contributed by atoms with Crippen LogP contribution in [0, 0.1) is 31.1 Å². The maximum atomic E-state index is 12.7. The van der Waals surface area contributed by atoms with Crippen LogP contribution >= 0.6 is 0 Å². The number of rotatable bonds is 9. The number of aliphatic hydroxyl groups is 1. The molecule has 1 aromatic heterocycles. The number of oxazole rings is 1. The van der Waals surface area contributed by atoms with Gasteiger partial charge in [-0.25, -0.2) is 9.78 Å². The number of aromatic nitrogens is 1. The topological polar surface area (TPSA) is 94.2 Å². The minimum Gasteiger partial charge on any atom is -0.443 e. The Hall–Kier alpha value is -2.19. The van der Waals surface area contributed by atoms with Gasteiger partial charge in [0.15, 0.2) is 11.7 Å². The number of amides is 2. The number of likely N-dealkylation sites (tertiary alicyclic amines) is 1. The lowest BCUT2D eigenvalue weighted by Crippen LogP contribution is -2.40. The second kappa shape index (κ2) is 9.35. The average molecular weight is 444 g/mol. The Balaban J connectivity index is 1.20. The molecule has 0 radical (unpaired) electrons. The highest BCUT2D eigenvalue weighted by Crippen LogP contribution is 2.57. The van der Waals surface area contributed by atoms with Crippen LogP contribution in [0.1, 0.15) is 56.1 Å². The third-order valence-electron chi connectivity index (χ3n) is 7.64. The number of hydrogen-bond donors (Lipinski definition) is 2. The molecule has 1 aliphatic carbocycles. The second-order valence-electron chi connectivity index (χ2n) is 9.86. The lowest BCUT2D eigenvalue weighted by molar-refractivity contribution is 0.100. The molecule has 1 saturated carbocycles. The molecule has 1 saturated heterocycles. The van der Waals surface area contributed by atoms with Gasteiger partial charge in [0, 0.05) is 51.4 Å². The Kier molecular flexibility index (Phi) is 6.72. The van der Waals surface area contributed by atoms with Gasteiger partial charge in [-0.2, -0.15) is 0 Å². The van der Waals surface area contributed by atoms with E-state index in [9.17, 15) is 9.90 Å². The van der Waals surface area contributed by atoms with Crippen molar-refractivity contribution in [3.05, 3.63) is 29.1 Å². The predicted octanol–water partition coefficient (Wildman–Crippen LogP) is 3.06. The molecule has 4 atom stereocenters. The first-order chi connectivity index (χ1) is 15.3. The summed E-state index contributed by atoms with van der Waals surface area (Å²) in [7, 11) is 2.04. The molecular weight excluding hydrogens is 406 g/mol. The lowest BCUT2D eigenvalue weighted by Gasteiger charge is -2.23. The summed E-state index contributed by atoms with van der Waals surface area (Å²) >= 11 is 0. The summed E-state index contributed by atoms with van der Waals surface area (Å²) in [5.41, 5.74) is 2.33. The summed E-state index contributed by atoms with van der Waals surface area (Å²) in [6, 6.07) is 0.0511. The van der Waals surface area contributed by atoms with E-state index in [4.69, 9.17) is 4.42 Å². The van der Waals surface area contributed by atoms with Gasteiger partial charge in [-0.1, -0.05) is 13.3 Å². The number of aliphatic imine (C=N–C) groups is 1. The number of fused-ring (bicyclic) bond motifs is 1. The summed E-state index contributed by atoms with van der Waals surface area (Å²) in [4.78, 5) is 25.2. The van der Waals surface area contributed by atoms with E-state index in [1.165, 1.54) is 5.57 Å². The Morgan fingerprint density at radius 2 is 2.28 bits per heavy atom. The molecule has 8 heteroatoms. The lowest BCUT2D eigenvalue weighted by atomic mass is 9.95. The number of likely N-dealkylation sites (N-methyl/N-ethyl adjacent to an activating group) is 1. The smallest absolute Gasteiger partial charge is 0.317 e. The molecule has 2 aliphatic heterocycles. The molecule has 2 fully saturated rings. The van der Waals surface area contributed by atoms with Gasteiger partial charge in [0.2, 0.25) is 0 Å². The predicted molar refractivity (Wildman–Crippen MR) is 124 cm³/mol. The average Bonchev–Trinajstić information content (AvgIpc) is 3.09. The summed E-state index contributed by atoms with van der Waals surface area (Å²) in [5, 5.41) is 13.7. The minimum atomic E-state index is -0.669. The molecule has 3 heterocycles. The first-order valence-electron chi connectivity index (χ1n) is 11.8. The van der Waals surface area contributed by atoms with Gasteiger partial charge in [0.1, 0.15) is 6.10 Å². The van der Waals surface area contributed by atoms with Gasteiger partial charge in [0.25, 0.3) is 0 Å². The summed E-state index contributed by atoms with van der Waals surface area (Å²) in [6.07, 6.45) is 7.47. The zero-order valence-corrected chi connectivity index (χ0v) is 19.8. The molecule has 0 bridgehead atoms.